The number of unbranched alkanes of at least 4 members (excludes halogenated alkanes) is 6. The van der Waals surface area contributed by atoms with Crippen molar-refractivity contribution in [1.82, 2.24) is 4.72 Å². The van der Waals surface area contributed by atoms with Crippen molar-refractivity contribution in [3.8, 4) is 0 Å². The molecule has 24 heavy (non-hydrogen) atoms. The summed E-state index contributed by atoms with van der Waals surface area (Å²) in [6, 6.07) is 13.0. The Balaban J connectivity index is 1.74. The van der Waals surface area contributed by atoms with E-state index in [1.165, 1.54) is 19.3 Å². The summed E-state index contributed by atoms with van der Waals surface area (Å²) in [5, 5.41) is 1.99. The summed E-state index contributed by atoms with van der Waals surface area (Å²) in [5.41, 5.74) is 5.46. The molecule has 5 heteroatoms. The number of fused-ring (bicyclic) bond motifs is 1. The van der Waals surface area contributed by atoms with Crippen LogP contribution in [0.15, 0.2) is 47.4 Å². The number of hydrogen-bond donors (Lipinski definition) is 2. The molecule has 2 aromatic rings. The van der Waals surface area contributed by atoms with E-state index in [1.54, 1.807) is 12.1 Å². The van der Waals surface area contributed by atoms with Gasteiger partial charge in [0.25, 0.3) is 0 Å². The summed E-state index contributed by atoms with van der Waals surface area (Å²) >= 11 is 0. The Morgan fingerprint density at radius 1 is 0.792 bits per heavy atom. The molecule has 3 N–H and O–H groups in total. The smallest absolute Gasteiger partial charge is 0.240 e. The lowest BCUT2D eigenvalue weighted by Gasteiger charge is -2.08. The summed E-state index contributed by atoms with van der Waals surface area (Å²) in [4.78, 5) is 0.336. The Labute approximate surface area is 145 Å². The lowest BCUT2D eigenvalue weighted by molar-refractivity contribution is 0.561. The van der Waals surface area contributed by atoms with Crippen LogP contribution in [-0.2, 0) is 10.0 Å². The molecule has 132 valence electrons. The molecular formula is C19H28N2O2S. The van der Waals surface area contributed by atoms with E-state index >= 15 is 0 Å². The Morgan fingerprint density at radius 3 is 2.12 bits per heavy atom. The summed E-state index contributed by atoms with van der Waals surface area (Å²) < 4.78 is 27.4. The number of benzene rings is 2. The van der Waals surface area contributed by atoms with Crippen LogP contribution >= 0.6 is 0 Å². The molecule has 0 amide bonds. The maximum atomic E-state index is 12.4. The largest absolute Gasteiger partial charge is 0.330 e. The third-order valence-electron chi connectivity index (χ3n) is 4.20. The van der Waals surface area contributed by atoms with Crippen LogP contribution in [0.1, 0.15) is 44.9 Å². The monoisotopic (exact) mass is 348 g/mol. The van der Waals surface area contributed by atoms with Gasteiger partial charge in [0.05, 0.1) is 4.90 Å². The van der Waals surface area contributed by atoms with Gasteiger partial charge in [-0.1, -0.05) is 62.4 Å². The molecule has 0 aliphatic heterocycles. The van der Waals surface area contributed by atoms with Gasteiger partial charge in [-0.25, -0.2) is 13.1 Å². The third kappa shape index (κ3) is 5.89. The number of rotatable bonds is 11. The number of nitrogens with one attached hydrogen (secondary N) is 1. The average Bonchev–Trinajstić information content (AvgIpc) is 2.60. The zero-order valence-corrected chi connectivity index (χ0v) is 15.0. The van der Waals surface area contributed by atoms with Crippen molar-refractivity contribution in [2.75, 3.05) is 13.1 Å². The number of nitrogens with two attached hydrogens (primary N) is 1. The molecule has 0 aromatic heterocycles. The molecule has 0 fully saturated rings. The second-order valence-electron chi connectivity index (χ2n) is 6.17. The van der Waals surface area contributed by atoms with E-state index in [-0.39, 0.29) is 0 Å². The van der Waals surface area contributed by atoms with Crippen LogP contribution in [-0.4, -0.2) is 21.5 Å². The minimum atomic E-state index is -3.42. The van der Waals surface area contributed by atoms with Crippen molar-refractivity contribution in [2.45, 2.75) is 49.8 Å². The molecule has 0 radical (unpaired) electrons. The lowest BCUT2D eigenvalue weighted by atomic mass is 10.1. The van der Waals surface area contributed by atoms with Crippen LogP contribution in [0.3, 0.4) is 0 Å². The normalized spacial score (nSPS) is 11.9. The predicted molar refractivity (Wildman–Crippen MR) is 101 cm³/mol. The molecule has 0 unspecified atom stereocenters. The highest BCUT2D eigenvalue weighted by Crippen LogP contribution is 2.18. The van der Waals surface area contributed by atoms with Gasteiger partial charge in [-0.15, -0.1) is 0 Å². The average molecular weight is 349 g/mol. The lowest BCUT2D eigenvalue weighted by Crippen LogP contribution is -2.24. The highest BCUT2D eigenvalue weighted by atomic mass is 32.2. The van der Waals surface area contributed by atoms with Crippen LogP contribution in [0.5, 0.6) is 0 Å². The Hall–Kier alpha value is -1.43. The van der Waals surface area contributed by atoms with Crippen molar-refractivity contribution in [3.63, 3.8) is 0 Å². The predicted octanol–water partition coefficient (Wildman–Crippen LogP) is 3.81. The van der Waals surface area contributed by atoms with E-state index in [0.29, 0.717) is 11.4 Å². The first-order chi connectivity index (χ1) is 11.6. The minimum Gasteiger partial charge on any atom is -0.330 e. The van der Waals surface area contributed by atoms with Gasteiger partial charge >= 0.3 is 0 Å². The van der Waals surface area contributed by atoms with Crippen molar-refractivity contribution < 1.29 is 8.42 Å². The Morgan fingerprint density at radius 2 is 1.42 bits per heavy atom. The molecule has 0 spiro atoms. The zero-order chi connectivity index (χ0) is 17.3. The topological polar surface area (TPSA) is 72.2 Å². The van der Waals surface area contributed by atoms with Crippen LogP contribution in [0.2, 0.25) is 0 Å². The molecule has 0 saturated carbocycles. The molecule has 2 rings (SSSR count). The first-order valence-electron chi connectivity index (χ1n) is 8.82. The van der Waals surface area contributed by atoms with Crippen LogP contribution < -0.4 is 10.5 Å². The van der Waals surface area contributed by atoms with E-state index in [2.05, 4.69) is 4.72 Å². The van der Waals surface area contributed by atoms with Gasteiger partial charge in [0.1, 0.15) is 0 Å². The highest BCUT2D eigenvalue weighted by Gasteiger charge is 2.13. The molecular weight excluding hydrogens is 320 g/mol. The zero-order valence-electron chi connectivity index (χ0n) is 14.2. The summed E-state index contributed by atoms with van der Waals surface area (Å²) in [6.07, 6.45) is 7.82. The Kier molecular flexibility index (Phi) is 7.69. The fourth-order valence-corrected chi connectivity index (χ4v) is 3.89. The molecule has 0 aliphatic rings. The second kappa shape index (κ2) is 9.77. The van der Waals surface area contributed by atoms with Crippen LogP contribution in [0.4, 0.5) is 0 Å². The van der Waals surface area contributed by atoms with Crippen LogP contribution in [0.25, 0.3) is 10.8 Å². The highest BCUT2D eigenvalue weighted by molar-refractivity contribution is 7.89. The van der Waals surface area contributed by atoms with Crippen LogP contribution in [0, 0.1) is 0 Å². The van der Waals surface area contributed by atoms with Gasteiger partial charge in [-0.2, -0.15) is 0 Å². The number of hydrogen-bond acceptors (Lipinski definition) is 3. The standard InChI is InChI=1S/C19H28N2O2S/c20-14-8-4-2-1-3-5-9-15-21-24(22,23)19-13-12-17-10-6-7-11-18(17)16-19/h6-7,10-13,16,21H,1-5,8-9,14-15,20H2. The van der Waals surface area contributed by atoms with Gasteiger partial charge < -0.3 is 5.73 Å². The number of sulfonamides is 1. The molecule has 2 aromatic carbocycles. The van der Waals surface area contributed by atoms with E-state index in [4.69, 9.17) is 5.73 Å². The van der Waals surface area contributed by atoms with Crippen molar-refractivity contribution >= 4 is 20.8 Å². The van der Waals surface area contributed by atoms with Crippen molar-refractivity contribution in [3.05, 3.63) is 42.5 Å². The Bertz CT molecular complexity index is 729. The molecule has 0 saturated heterocycles. The van der Waals surface area contributed by atoms with E-state index < -0.39 is 10.0 Å². The summed E-state index contributed by atoms with van der Waals surface area (Å²) in [6.45, 7) is 1.27. The molecule has 4 nitrogen and oxygen atoms in total. The molecule has 0 bridgehead atoms. The summed E-state index contributed by atoms with van der Waals surface area (Å²) in [5.74, 6) is 0. The second-order valence-corrected chi connectivity index (χ2v) is 7.94. The summed E-state index contributed by atoms with van der Waals surface area (Å²) in [7, 11) is -3.42. The maximum absolute atomic E-state index is 12.4. The minimum absolute atomic E-state index is 0.336. The van der Waals surface area contributed by atoms with Crippen molar-refractivity contribution in [2.24, 2.45) is 5.73 Å². The van der Waals surface area contributed by atoms with Gasteiger partial charge in [0.2, 0.25) is 10.0 Å². The van der Waals surface area contributed by atoms with Gasteiger partial charge in [0, 0.05) is 6.54 Å². The van der Waals surface area contributed by atoms with Crippen molar-refractivity contribution in [1.29, 1.82) is 0 Å². The van der Waals surface area contributed by atoms with Gasteiger partial charge in [-0.05, 0) is 42.3 Å². The SMILES string of the molecule is NCCCCCCCCCNS(=O)(=O)c1ccc2ccccc2c1. The fourth-order valence-electron chi connectivity index (χ4n) is 2.78. The third-order valence-corrected chi connectivity index (χ3v) is 5.66. The quantitative estimate of drug-likeness (QED) is 0.607. The molecule has 0 aliphatic carbocycles. The molecule has 0 heterocycles. The first-order valence-corrected chi connectivity index (χ1v) is 10.3. The van der Waals surface area contributed by atoms with E-state index in [0.717, 1.165) is 43.0 Å². The van der Waals surface area contributed by atoms with Gasteiger partial charge in [-0.3, -0.25) is 0 Å². The fraction of sp³-hybridized carbons (Fsp3) is 0.474. The van der Waals surface area contributed by atoms with E-state index in [9.17, 15) is 8.42 Å². The van der Waals surface area contributed by atoms with Gasteiger partial charge in [0.15, 0.2) is 0 Å². The van der Waals surface area contributed by atoms with E-state index in [1.807, 2.05) is 30.3 Å². The first kappa shape index (κ1) is 18.9. The molecule has 0 atom stereocenters. The maximum Gasteiger partial charge on any atom is 0.240 e.